The fourth-order valence-corrected chi connectivity index (χ4v) is 2.90. The molecule has 1 fully saturated rings. The molecule has 1 atom stereocenters. The molecule has 0 saturated heterocycles. The smallest absolute Gasteiger partial charge is 0.241 e. The van der Waals surface area contributed by atoms with E-state index >= 15 is 0 Å². The molecule has 5 nitrogen and oxygen atoms in total. The highest BCUT2D eigenvalue weighted by Gasteiger charge is 2.34. The Morgan fingerprint density at radius 3 is 2.52 bits per heavy atom. The van der Waals surface area contributed by atoms with Crippen LogP contribution in [0.4, 0.5) is 11.4 Å². The zero-order valence-electron chi connectivity index (χ0n) is 11.8. The van der Waals surface area contributed by atoms with Gasteiger partial charge in [0.2, 0.25) is 5.91 Å². The van der Waals surface area contributed by atoms with Gasteiger partial charge in [-0.2, -0.15) is 0 Å². The monoisotopic (exact) mass is 331 g/mol. The highest BCUT2D eigenvalue weighted by Crippen LogP contribution is 2.33. The Hall–Kier alpha value is -1.01. The Morgan fingerprint density at radius 2 is 2.05 bits per heavy atom. The lowest BCUT2D eigenvalue weighted by Gasteiger charge is -2.27. The second-order valence-corrected chi connectivity index (χ2v) is 6.03. The molecule has 21 heavy (non-hydrogen) atoms. The number of nitrogen functional groups attached to an aromatic ring is 1. The third-order valence-corrected chi connectivity index (χ3v) is 4.16. The van der Waals surface area contributed by atoms with Crippen molar-refractivity contribution in [2.75, 3.05) is 24.2 Å². The number of aliphatic hydroxyl groups is 1. The van der Waals surface area contributed by atoms with Crippen LogP contribution in [0.1, 0.15) is 19.8 Å². The lowest BCUT2D eigenvalue weighted by molar-refractivity contribution is -0.121. The van der Waals surface area contributed by atoms with E-state index in [0.717, 1.165) is 12.8 Å². The molecule has 0 spiro atoms. The number of amides is 1. The number of benzene rings is 1. The van der Waals surface area contributed by atoms with E-state index in [0.29, 0.717) is 34.0 Å². The van der Waals surface area contributed by atoms with Crippen LogP contribution in [-0.4, -0.2) is 41.1 Å². The highest BCUT2D eigenvalue weighted by atomic mass is 35.5. The molecule has 1 aliphatic carbocycles. The molecule has 1 aromatic carbocycles. The third kappa shape index (κ3) is 4.01. The van der Waals surface area contributed by atoms with Crippen LogP contribution in [0.5, 0.6) is 0 Å². The largest absolute Gasteiger partial charge is 0.399 e. The first-order valence-electron chi connectivity index (χ1n) is 6.86. The van der Waals surface area contributed by atoms with Gasteiger partial charge in [-0.25, -0.2) is 0 Å². The van der Waals surface area contributed by atoms with E-state index in [9.17, 15) is 4.79 Å². The minimum Gasteiger partial charge on any atom is -0.399 e. The van der Waals surface area contributed by atoms with E-state index in [1.54, 1.807) is 12.1 Å². The number of rotatable bonds is 6. The van der Waals surface area contributed by atoms with Crippen molar-refractivity contribution in [3.8, 4) is 0 Å². The van der Waals surface area contributed by atoms with Crippen molar-refractivity contribution in [3.05, 3.63) is 22.2 Å². The molecule has 0 aliphatic heterocycles. The topological polar surface area (TPSA) is 78.6 Å². The Kier molecular flexibility index (Phi) is 5.32. The van der Waals surface area contributed by atoms with Gasteiger partial charge in [-0.1, -0.05) is 23.2 Å². The second-order valence-electron chi connectivity index (χ2n) is 5.22. The Bertz CT molecular complexity index is 512. The molecule has 0 bridgehead atoms. The summed E-state index contributed by atoms with van der Waals surface area (Å²) in [5.74, 6) is -0.205. The molecular formula is C14H19Cl2N3O2. The lowest BCUT2D eigenvalue weighted by atomic mass is 10.2. The molecule has 116 valence electrons. The quantitative estimate of drug-likeness (QED) is 0.699. The first kappa shape index (κ1) is 16.4. The van der Waals surface area contributed by atoms with Gasteiger partial charge < -0.3 is 16.2 Å². The molecule has 1 aliphatic rings. The van der Waals surface area contributed by atoms with Crippen molar-refractivity contribution in [2.45, 2.75) is 31.8 Å². The number of aliphatic hydroxyl groups excluding tert-OH is 1. The summed E-state index contributed by atoms with van der Waals surface area (Å²) >= 11 is 12.1. The van der Waals surface area contributed by atoms with Gasteiger partial charge in [-0.3, -0.25) is 9.69 Å². The second kappa shape index (κ2) is 6.83. The summed E-state index contributed by atoms with van der Waals surface area (Å²) in [6.07, 6.45) is 2.11. The fourth-order valence-electron chi connectivity index (χ4n) is 2.30. The van der Waals surface area contributed by atoms with Crippen LogP contribution in [0.3, 0.4) is 0 Å². The van der Waals surface area contributed by atoms with Crippen LogP contribution >= 0.6 is 23.2 Å². The molecule has 1 amide bonds. The predicted molar refractivity (Wildman–Crippen MR) is 85.8 cm³/mol. The van der Waals surface area contributed by atoms with E-state index in [-0.39, 0.29) is 18.6 Å². The minimum atomic E-state index is -0.366. The number of hydrogen-bond donors (Lipinski definition) is 3. The third-order valence-electron chi connectivity index (χ3n) is 3.56. The van der Waals surface area contributed by atoms with Gasteiger partial charge in [0.05, 0.1) is 28.4 Å². The van der Waals surface area contributed by atoms with Crippen LogP contribution < -0.4 is 11.1 Å². The SMILES string of the molecule is CC(C(=O)Nc1c(Cl)cc(N)cc1Cl)N(CCO)C1CC1. The average Bonchev–Trinajstić information content (AvgIpc) is 3.23. The summed E-state index contributed by atoms with van der Waals surface area (Å²) in [4.78, 5) is 14.4. The number of carbonyl (C=O) groups excluding carboxylic acids is 1. The molecular weight excluding hydrogens is 313 g/mol. The predicted octanol–water partition coefficient (Wildman–Crippen LogP) is 2.36. The van der Waals surface area contributed by atoms with Crippen molar-refractivity contribution in [3.63, 3.8) is 0 Å². The van der Waals surface area contributed by atoms with Gasteiger partial charge in [0.15, 0.2) is 0 Å². The van der Waals surface area contributed by atoms with Crippen LogP contribution in [0, 0.1) is 0 Å². The highest BCUT2D eigenvalue weighted by molar-refractivity contribution is 6.40. The van der Waals surface area contributed by atoms with Gasteiger partial charge in [0, 0.05) is 18.3 Å². The summed E-state index contributed by atoms with van der Waals surface area (Å²) in [6, 6.07) is 3.09. The van der Waals surface area contributed by atoms with E-state index in [1.165, 1.54) is 0 Å². The first-order chi connectivity index (χ1) is 9.93. The summed E-state index contributed by atoms with van der Waals surface area (Å²) in [5, 5.41) is 12.5. The van der Waals surface area contributed by atoms with Crippen LogP contribution in [0.25, 0.3) is 0 Å². The van der Waals surface area contributed by atoms with Gasteiger partial charge in [-0.05, 0) is 31.9 Å². The Labute approximate surface area is 134 Å². The van der Waals surface area contributed by atoms with Gasteiger partial charge in [0.1, 0.15) is 0 Å². The minimum absolute atomic E-state index is 0.0253. The van der Waals surface area contributed by atoms with Gasteiger partial charge >= 0.3 is 0 Å². The molecule has 0 aromatic heterocycles. The molecule has 7 heteroatoms. The summed E-state index contributed by atoms with van der Waals surface area (Å²) in [5.41, 5.74) is 6.44. The van der Waals surface area contributed by atoms with Gasteiger partial charge in [0.25, 0.3) is 0 Å². The molecule has 0 heterocycles. The molecule has 0 radical (unpaired) electrons. The number of nitrogens with one attached hydrogen (secondary N) is 1. The van der Waals surface area contributed by atoms with Crippen molar-refractivity contribution in [2.24, 2.45) is 0 Å². The number of halogens is 2. The zero-order chi connectivity index (χ0) is 15.6. The van der Waals surface area contributed by atoms with Crippen molar-refractivity contribution >= 4 is 40.5 Å². The van der Waals surface area contributed by atoms with E-state index in [4.69, 9.17) is 34.0 Å². The number of hydrogen-bond acceptors (Lipinski definition) is 4. The molecule has 1 aromatic rings. The van der Waals surface area contributed by atoms with Crippen LogP contribution in [-0.2, 0) is 4.79 Å². The average molecular weight is 332 g/mol. The molecule has 2 rings (SSSR count). The maximum Gasteiger partial charge on any atom is 0.241 e. The first-order valence-corrected chi connectivity index (χ1v) is 7.61. The van der Waals surface area contributed by atoms with Crippen molar-refractivity contribution in [1.82, 2.24) is 4.90 Å². The standard InChI is InChI=1S/C14H19Cl2N3O2/c1-8(19(4-5-20)10-2-3-10)14(21)18-13-11(15)6-9(17)7-12(13)16/h6-8,10,20H,2-5,17H2,1H3,(H,18,21). The number of nitrogens with zero attached hydrogens (tertiary/aromatic N) is 1. The zero-order valence-corrected chi connectivity index (χ0v) is 13.3. The van der Waals surface area contributed by atoms with E-state index < -0.39 is 0 Å². The van der Waals surface area contributed by atoms with E-state index in [1.807, 2.05) is 11.8 Å². The number of anilines is 2. The normalized spacial score (nSPS) is 16.0. The van der Waals surface area contributed by atoms with Crippen LogP contribution in [0.15, 0.2) is 12.1 Å². The summed E-state index contributed by atoms with van der Waals surface area (Å²) < 4.78 is 0. The lowest BCUT2D eigenvalue weighted by Crippen LogP contribution is -2.44. The maximum atomic E-state index is 12.4. The summed E-state index contributed by atoms with van der Waals surface area (Å²) in [6.45, 7) is 2.31. The maximum absolute atomic E-state index is 12.4. The van der Waals surface area contributed by atoms with E-state index in [2.05, 4.69) is 5.32 Å². The number of nitrogens with two attached hydrogens (primary N) is 1. The van der Waals surface area contributed by atoms with Gasteiger partial charge in [-0.15, -0.1) is 0 Å². The van der Waals surface area contributed by atoms with Crippen LogP contribution in [0.2, 0.25) is 10.0 Å². The summed E-state index contributed by atoms with van der Waals surface area (Å²) in [7, 11) is 0. The molecule has 1 saturated carbocycles. The van der Waals surface area contributed by atoms with Crippen molar-refractivity contribution in [1.29, 1.82) is 0 Å². The molecule has 1 unspecified atom stereocenters. The van der Waals surface area contributed by atoms with Crippen molar-refractivity contribution < 1.29 is 9.90 Å². The Morgan fingerprint density at radius 1 is 1.48 bits per heavy atom. The molecule has 4 N–H and O–H groups in total. The Balaban J connectivity index is 2.10. The number of carbonyl (C=O) groups is 1. The fraction of sp³-hybridized carbons (Fsp3) is 0.500.